The molecular formula is C19H22N2O2. The summed E-state index contributed by atoms with van der Waals surface area (Å²) in [5, 5.41) is 3.11. The lowest BCUT2D eigenvalue weighted by Gasteiger charge is -2.22. The van der Waals surface area contributed by atoms with Crippen molar-refractivity contribution in [3.63, 3.8) is 0 Å². The Labute approximate surface area is 137 Å². The van der Waals surface area contributed by atoms with Crippen LogP contribution >= 0.6 is 0 Å². The maximum atomic E-state index is 12.4. The molecule has 2 aromatic rings. The highest BCUT2D eigenvalue weighted by atomic mass is 16.2. The highest BCUT2D eigenvalue weighted by Crippen LogP contribution is 2.16. The molecule has 2 aromatic carbocycles. The van der Waals surface area contributed by atoms with Gasteiger partial charge in [-0.2, -0.15) is 0 Å². The largest absolute Gasteiger partial charge is 0.376 e. The Hall–Kier alpha value is -2.62. The van der Waals surface area contributed by atoms with Gasteiger partial charge in [-0.25, -0.2) is 0 Å². The van der Waals surface area contributed by atoms with Gasteiger partial charge in [-0.3, -0.25) is 9.59 Å². The molecule has 4 heteroatoms. The third-order valence-corrected chi connectivity index (χ3v) is 3.67. The summed E-state index contributed by atoms with van der Waals surface area (Å²) in [7, 11) is 0. The highest BCUT2D eigenvalue weighted by molar-refractivity contribution is 5.96. The lowest BCUT2D eigenvalue weighted by molar-refractivity contribution is -0.116. The Bertz CT molecular complexity index is 693. The van der Waals surface area contributed by atoms with Gasteiger partial charge in [0.1, 0.15) is 0 Å². The summed E-state index contributed by atoms with van der Waals surface area (Å²) in [6.07, 6.45) is 0. The van der Waals surface area contributed by atoms with E-state index in [0.717, 1.165) is 16.9 Å². The second kappa shape index (κ2) is 7.58. The number of amides is 1. The van der Waals surface area contributed by atoms with Crippen molar-refractivity contribution >= 4 is 23.1 Å². The molecule has 0 atom stereocenters. The number of hydrogen-bond acceptors (Lipinski definition) is 3. The zero-order valence-corrected chi connectivity index (χ0v) is 13.8. The maximum Gasteiger partial charge on any atom is 0.246 e. The standard InChI is InChI=1S/C19H22N2O2/c1-4-21(18-7-5-6-14(2)12-18)19(23)13-20-17-10-8-16(9-11-17)15(3)22/h5-12,20H,4,13H2,1-3H3. The third kappa shape index (κ3) is 4.42. The molecule has 1 N–H and O–H groups in total. The summed E-state index contributed by atoms with van der Waals surface area (Å²) >= 11 is 0. The van der Waals surface area contributed by atoms with Gasteiger partial charge in [0.25, 0.3) is 0 Å². The van der Waals surface area contributed by atoms with Crippen LogP contribution in [0.25, 0.3) is 0 Å². The van der Waals surface area contributed by atoms with E-state index in [0.29, 0.717) is 12.1 Å². The highest BCUT2D eigenvalue weighted by Gasteiger charge is 2.13. The molecule has 0 spiro atoms. The van der Waals surface area contributed by atoms with Crippen LogP contribution in [0, 0.1) is 6.92 Å². The van der Waals surface area contributed by atoms with Crippen molar-refractivity contribution in [1.29, 1.82) is 0 Å². The van der Waals surface area contributed by atoms with Crippen molar-refractivity contribution in [2.24, 2.45) is 0 Å². The van der Waals surface area contributed by atoms with Gasteiger partial charge in [-0.1, -0.05) is 12.1 Å². The van der Waals surface area contributed by atoms with Crippen LogP contribution in [0.4, 0.5) is 11.4 Å². The number of Topliss-reactive ketones (excluding diaryl/α,β-unsaturated/α-hetero) is 1. The summed E-state index contributed by atoms with van der Waals surface area (Å²) in [6.45, 7) is 6.33. The molecule has 0 aliphatic rings. The molecule has 0 aliphatic carbocycles. The van der Waals surface area contributed by atoms with E-state index in [2.05, 4.69) is 5.32 Å². The number of nitrogens with one attached hydrogen (secondary N) is 1. The topological polar surface area (TPSA) is 49.4 Å². The molecule has 0 aliphatic heterocycles. The molecule has 0 heterocycles. The fraction of sp³-hybridized carbons (Fsp3) is 0.263. The van der Waals surface area contributed by atoms with E-state index < -0.39 is 0 Å². The van der Waals surface area contributed by atoms with Crippen molar-refractivity contribution in [2.45, 2.75) is 20.8 Å². The van der Waals surface area contributed by atoms with E-state index in [1.165, 1.54) is 6.92 Å². The first-order chi connectivity index (χ1) is 11.0. The Kier molecular flexibility index (Phi) is 5.52. The number of hydrogen-bond donors (Lipinski definition) is 1. The number of nitrogens with zero attached hydrogens (tertiary/aromatic N) is 1. The average molecular weight is 310 g/mol. The van der Waals surface area contributed by atoms with Crippen LogP contribution in [0.15, 0.2) is 48.5 Å². The Morgan fingerprint density at radius 2 is 1.78 bits per heavy atom. The third-order valence-electron chi connectivity index (χ3n) is 3.67. The number of likely N-dealkylation sites (N-methyl/N-ethyl adjacent to an activating group) is 1. The van der Waals surface area contributed by atoms with Gasteiger partial charge in [0, 0.05) is 23.5 Å². The van der Waals surface area contributed by atoms with E-state index in [1.807, 2.05) is 50.2 Å². The quantitative estimate of drug-likeness (QED) is 0.828. The molecule has 0 saturated heterocycles. The fourth-order valence-corrected chi connectivity index (χ4v) is 2.39. The smallest absolute Gasteiger partial charge is 0.246 e. The van der Waals surface area contributed by atoms with Gasteiger partial charge in [0.15, 0.2) is 5.78 Å². The molecule has 0 radical (unpaired) electrons. The molecule has 0 fully saturated rings. The molecular weight excluding hydrogens is 288 g/mol. The van der Waals surface area contributed by atoms with Gasteiger partial charge >= 0.3 is 0 Å². The predicted molar refractivity (Wildman–Crippen MR) is 94.1 cm³/mol. The SMILES string of the molecule is CCN(C(=O)CNc1ccc(C(C)=O)cc1)c1cccc(C)c1. The molecule has 0 bridgehead atoms. The maximum absolute atomic E-state index is 12.4. The van der Waals surface area contributed by atoms with Crippen LogP contribution < -0.4 is 10.2 Å². The van der Waals surface area contributed by atoms with Crippen molar-refractivity contribution in [3.8, 4) is 0 Å². The van der Waals surface area contributed by atoms with E-state index in [1.54, 1.807) is 17.0 Å². The van der Waals surface area contributed by atoms with E-state index in [4.69, 9.17) is 0 Å². The minimum Gasteiger partial charge on any atom is -0.376 e. The number of benzene rings is 2. The van der Waals surface area contributed by atoms with Crippen molar-refractivity contribution in [3.05, 3.63) is 59.7 Å². The van der Waals surface area contributed by atoms with Crippen LogP contribution in [0.5, 0.6) is 0 Å². The number of rotatable bonds is 6. The predicted octanol–water partition coefficient (Wildman–Crippen LogP) is 3.66. The van der Waals surface area contributed by atoms with Gasteiger partial charge in [0.2, 0.25) is 5.91 Å². The molecule has 0 saturated carbocycles. The zero-order valence-electron chi connectivity index (χ0n) is 13.8. The minimum atomic E-state index is 0.00810. The van der Waals surface area contributed by atoms with Crippen LogP contribution in [0.2, 0.25) is 0 Å². The molecule has 120 valence electrons. The van der Waals surface area contributed by atoms with Gasteiger partial charge in [-0.15, -0.1) is 0 Å². The van der Waals surface area contributed by atoms with Gasteiger partial charge in [-0.05, 0) is 62.7 Å². The van der Waals surface area contributed by atoms with Crippen molar-refractivity contribution in [2.75, 3.05) is 23.3 Å². The van der Waals surface area contributed by atoms with E-state index in [-0.39, 0.29) is 18.2 Å². The molecule has 2 rings (SSSR count). The lowest BCUT2D eigenvalue weighted by Crippen LogP contribution is -2.35. The van der Waals surface area contributed by atoms with Crippen LogP contribution in [0.1, 0.15) is 29.8 Å². The summed E-state index contributed by atoms with van der Waals surface area (Å²) in [6, 6.07) is 15.0. The van der Waals surface area contributed by atoms with Gasteiger partial charge < -0.3 is 10.2 Å². The van der Waals surface area contributed by atoms with Gasteiger partial charge in [0.05, 0.1) is 6.54 Å². The molecule has 0 unspecified atom stereocenters. The zero-order chi connectivity index (χ0) is 16.8. The molecule has 23 heavy (non-hydrogen) atoms. The Balaban J connectivity index is 2.01. The fourth-order valence-electron chi connectivity index (χ4n) is 2.39. The second-order valence-corrected chi connectivity index (χ2v) is 5.46. The van der Waals surface area contributed by atoms with Crippen LogP contribution in [-0.2, 0) is 4.79 Å². The first-order valence-corrected chi connectivity index (χ1v) is 7.73. The van der Waals surface area contributed by atoms with Crippen LogP contribution in [-0.4, -0.2) is 24.8 Å². The van der Waals surface area contributed by atoms with E-state index in [9.17, 15) is 9.59 Å². The van der Waals surface area contributed by atoms with Crippen molar-refractivity contribution in [1.82, 2.24) is 0 Å². The Morgan fingerprint density at radius 1 is 1.09 bits per heavy atom. The monoisotopic (exact) mass is 310 g/mol. The average Bonchev–Trinajstić information content (AvgIpc) is 2.54. The molecule has 4 nitrogen and oxygen atoms in total. The summed E-state index contributed by atoms with van der Waals surface area (Å²) < 4.78 is 0. The molecule has 1 amide bonds. The summed E-state index contributed by atoms with van der Waals surface area (Å²) in [5.74, 6) is 0.0398. The second-order valence-electron chi connectivity index (χ2n) is 5.46. The first-order valence-electron chi connectivity index (χ1n) is 7.73. The summed E-state index contributed by atoms with van der Waals surface area (Å²) in [4.78, 5) is 25.5. The lowest BCUT2D eigenvalue weighted by atomic mass is 10.1. The Morgan fingerprint density at radius 3 is 2.35 bits per heavy atom. The number of aryl methyl sites for hydroxylation is 1. The van der Waals surface area contributed by atoms with Crippen molar-refractivity contribution < 1.29 is 9.59 Å². The van der Waals surface area contributed by atoms with Crippen LogP contribution in [0.3, 0.4) is 0 Å². The minimum absolute atomic E-state index is 0.00810. The van der Waals surface area contributed by atoms with E-state index >= 15 is 0 Å². The summed E-state index contributed by atoms with van der Waals surface area (Å²) in [5.41, 5.74) is 3.52. The normalized spacial score (nSPS) is 10.2. The number of carbonyl (C=O) groups excluding carboxylic acids is 2. The number of anilines is 2. The number of carbonyl (C=O) groups is 2. The first kappa shape index (κ1) is 16.7. The molecule has 0 aromatic heterocycles. The number of ketones is 1.